The average molecular weight is 295 g/mol. The van der Waals surface area contributed by atoms with E-state index in [0.717, 1.165) is 0 Å². The SMILES string of the molecule is CC(F)(F)CC(F)(F)S(=O)(=O)[O-].[Rb+]. The first-order valence-corrected chi connectivity index (χ1v) is 4.08. The number of hydrogen-bond donors (Lipinski definition) is 0. The molecule has 0 aliphatic carbocycles. The van der Waals surface area contributed by atoms with Crippen LogP contribution in [0.3, 0.4) is 0 Å². The first kappa shape index (κ1) is 16.9. The molecule has 0 N–H and O–H groups in total. The zero-order chi connectivity index (χ0) is 10.2. The molecule has 13 heavy (non-hydrogen) atoms. The summed E-state index contributed by atoms with van der Waals surface area (Å²) in [5, 5.41) is -4.91. The van der Waals surface area contributed by atoms with Crippen molar-refractivity contribution in [1.29, 1.82) is 0 Å². The predicted octanol–water partition coefficient (Wildman–Crippen LogP) is -1.83. The van der Waals surface area contributed by atoms with E-state index >= 15 is 0 Å². The third kappa shape index (κ3) is 6.50. The summed E-state index contributed by atoms with van der Waals surface area (Å²) in [6.45, 7) is 0.103. The minimum Gasteiger partial charge on any atom is -0.743 e. The summed E-state index contributed by atoms with van der Waals surface area (Å²) in [5.74, 6) is -3.89. The van der Waals surface area contributed by atoms with Gasteiger partial charge in [0.05, 0.1) is 6.42 Å². The van der Waals surface area contributed by atoms with E-state index in [0.29, 0.717) is 0 Å². The molecule has 0 saturated carbocycles. The Labute approximate surface area is 121 Å². The van der Waals surface area contributed by atoms with Gasteiger partial charge in [0.25, 0.3) is 5.92 Å². The molecule has 0 atom stereocenters. The normalized spacial score (nSPS) is 13.7. The summed E-state index contributed by atoms with van der Waals surface area (Å²) in [6.07, 6.45) is -2.29. The zero-order valence-corrected chi connectivity index (χ0v) is 12.6. The van der Waals surface area contributed by atoms with Crippen molar-refractivity contribution in [2.24, 2.45) is 0 Å². The monoisotopic (exact) mass is 294 g/mol. The van der Waals surface area contributed by atoms with Crippen LogP contribution >= 0.6 is 0 Å². The largest absolute Gasteiger partial charge is 1.00 e. The second-order valence-electron chi connectivity index (χ2n) is 2.34. The van der Waals surface area contributed by atoms with E-state index in [4.69, 9.17) is 0 Å². The van der Waals surface area contributed by atoms with Gasteiger partial charge in [0.15, 0.2) is 10.1 Å². The van der Waals surface area contributed by atoms with Crippen LogP contribution in [0.2, 0.25) is 0 Å². The van der Waals surface area contributed by atoms with Gasteiger partial charge in [-0.2, -0.15) is 8.78 Å². The fourth-order valence-corrected chi connectivity index (χ4v) is 0.880. The van der Waals surface area contributed by atoms with Gasteiger partial charge >= 0.3 is 63.4 Å². The number of halogens is 4. The molecule has 0 aliphatic rings. The number of rotatable bonds is 3. The molecule has 0 aromatic carbocycles. The maximum Gasteiger partial charge on any atom is 1.00 e. The Morgan fingerprint density at radius 2 is 1.54 bits per heavy atom. The Bertz CT molecular complexity index is 257. The van der Waals surface area contributed by atoms with Crippen molar-refractivity contribution in [1.82, 2.24) is 0 Å². The molecule has 0 amide bonds. The van der Waals surface area contributed by atoms with E-state index in [1.54, 1.807) is 0 Å². The van der Waals surface area contributed by atoms with Crippen LogP contribution in [-0.4, -0.2) is 24.1 Å². The van der Waals surface area contributed by atoms with E-state index < -0.39 is 27.7 Å². The Hall–Kier alpha value is 1.44. The van der Waals surface area contributed by atoms with Gasteiger partial charge in [0, 0.05) is 0 Å². The minimum atomic E-state index is -6.00. The van der Waals surface area contributed by atoms with Gasteiger partial charge in [0.1, 0.15) is 0 Å². The molecule has 0 aromatic heterocycles. The van der Waals surface area contributed by atoms with Crippen LogP contribution in [0.15, 0.2) is 0 Å². The molecule has 0 saturated heterocycles. The van der Waals surface area contributed by atoms with E-state index in [1.165, 1.54) is 0 Å². The Morgan fingerprint density at radius 3 is 1.62 bits per heavy atom. The number of hydrogen-bond acceptors (Lipinski definition) is 3. The molecule has 0 spiro atoms. The second kappa shape index (κ2) is 4.97. The standard InChI is InChI=1S/C4H6F4O3S.Rb/c1-3(5,6)2-4(7,8)12(9,10)11;/h2H2,1H3,(H,9,10,11);/q;+1/p-1. The molecule has 74 valence electrons. The fourth-order valence-electron chi connectivity index (χ4n) is 0.450. The first-order chi connectivity index (χ1) is 4.96. The topological polar surface area (TPSA) is 57.2 Å². The van der Waals surface area contributed by atoms with Gasteiger partial charge in [-0.1, -0.05) is 0 Å². The third-order valence-corrected chi connectivity index (χ3v) is 1.76. The van der Waals surface area contributed by atoms with Crippen molar-refractivity contribution in [2.75, 3.05) is 0 Å². The molecule has 0 rings (SSSR count). The van der Waals surface area contributed by atoms with Crippen LogP contribution < -0.4 is 58.2 Å². The van der Waals surface area contributed by atoms with Crippen LogP contribution in [0.25, 0.3) is 0 Å². The predicted molar refractivity (Wildman–Crippen MR) is 29.9 cm³/mol. The fraction of sp³-hybridized carbons (Fsp3) is 1.00. The number of alkyl halides is 4. The van der Waals surface area contributed by atoms with Crippen molar-refractivity contribution in [3.63, 3.8) is 0 Å². The van der Waals surface area contributed by atoms with Gasteiger partial charge < -0.3 is 4.55 Å². The van der Waals surface area contributed by atoms with Crippen molar-refractivity contribution >= 4 is 10.1 Å². The van der Waals surface area contributed by atoms with Crippen LogP contribution in [0, 0.1) is 0 Å². The molecule has 3 nitrogen and oxygen atoms in total. The minimum absolute atomic E-state index is 0. The Balaban J connectivity index is 0. The first-order valence-electron chi connectivity index (χ1n) is 2.67. The third-order valence-electron chi connectivity index (χ3n) is 0.882. The van der Waals surface area contributed by atoms with E-state index in [9.17, 15) is 30.5 Å². The average Bonchev–Trinajstić information content (AvgIpc) is 1.52. The van der Waals surface area contributed by atoms with Crippen LogP contribution in [0.1, 0.15) is 13.3 Å². The molecule has 0 bridgehead atoms. The van der Waals surface area contributed by atoms with Crippen molar-refractivity contribution < 1.29 is 88.7 Å². The summed E-state index contributed by atoms with van der Waals surface area (Å²) in [7, 11) is -6.00. The molecule has 0 aromatic rings. The molecular weight excluding hydrogens is 290 g/mol. The zero-order valence-electron chi connectivity index (χ0n) is 6.85. The van der Waals surface area contributed by atoms with Crippen LogP contribution in [-0.2, 0) is 10.1 Å². The molecule has 0 heterocycles. The van der Waals surface area contributed by atoms with Crippen LogP contribution in [0.4, 0.5) is 17.6 Å². The smallest absolute Gasteiger partial charge is 0.743 e. The van der Waals surface area contributed by atoms with Crippen molar-refractivity contribution in [3.05, 3.63) is 0 Å². The van der Waals surface area contributed by atoms with E-state index in [1.807, 2.05) is 0 Å². The van der Waals surface area contributed by atoms with Crippen LogP contribution in [0.5, 0.6) is 0 Å². The second-order valence-corrected chi connectivity index (χ2v) is 3.84. The van der Waals surface area contributed by atoms with Gasteiger partial charge in [-0.15, -0.1) is 0 Å². The summed E-state index contributed by atoms with van der Waals surface area (Å²) < 4.78 is 76.9. The summed E-state index contributed by atoms with van der Waals surface area (Å²) in [5.41, 5.74) is 0. The molecule has 9 heteroatoms. The van der Waals surface area contributed by atoms with Gasteiger partial charge in [-0.05, 0) is 6.92 Å². The Kier molecular flexibility index (Phi) is 6.45. The van der Waals surface area contributed by atoms with E-state index in [2.05, 4.69) is 0 Å². The maximum atomic E-state index is 12.0. The maximum absolute atomic E-state index is 12.0. The Morgan fingerprint density at radius 1 is 1.23 bits per heavy atom. The molecule has 0 fully saturated rings. The summed E-state index contributed by atoms with van der Waals surface area (Å²) in [6, 6.07) is 0. The van der Waals surface area contributed by atoms with Crippen molar-refractivity contribution in [3.8, 4) is 0 Å². The van der Waals surface area contributed by atoms with E-state index in [-0.39, 0.29) is 65.1 Å². The molecular formula is C4H5F4O3RbS. The van der Waals surface area contributed by atoms with Gasteiger partial charge in [0.2, 0.25) is 0 Å². The molecule has 0 aliphatic heterocycles. The van der Waals surface area contributed by atoms with Gasteiger partial charge in [-0.3, -0.25) is 0 Å². The molecule has 0 unspecified atom stereocenters. The summed E-state index contributed by atoms with van der Waals surface area (Å²) in [4.78, 5) is 0. The molecule has 0 radical (unpaired) electrons. The quantitative estimate of drug-likeness (QED) is 0.455. The van der Waals surface area contributed by atoms with Crippen molar-refractivity contribution in [2.45, 2.75) is 24.5 Å². The summed E-state index contributed by atoms with van der Waals surface area (Å²) >= 11 is 0. The van der Waals surface area contributed by atoms with Gasteiger partial charge in [-0.25, -0.2) is 17.2 Å².